The first-order valence-electron chi connectivity index (χ1n) is 10.7. The molecule has 1 aromatic rings. The minimum atomic E-state index is 0.138. The molecule has 0 radical (unpaired) electrons. The fourth-order valence-corrected chi connectivity index (χ4v) is 3.60. The fourth-order valence-electron chi connectivity index (χ4n) is 3.60. The van der Waals surface area contributed by atoms with E-state index in [1.807, 2.05) is 24.3 Å². The highest BCUT2D eigenvalue weighted by atomic mass is 16.1. The normalized spacial score (nSPS) is 13.4. The van der Waals surface area contributed by atoms with Gasteiger partial charge in [-0.05, 0) is 11.8 Å². The van der Waals surface area contributed by atoms with E-state index < -0.39 is 0 Å². The molecule has 2 nitrogen and oxygen atoms in total. The van der Waals surface area contributed by atoms with E-state index in [4.69, 9.17) is 0 Å². The summed E-state index contributed by atoms with van der Waals surface area (Å²) in [7, 11) is 0. The monoisotopic (exact) mass is 358 g/mol. The van der Waals surface area contributed by atoms with Gasteiger partial charge in [-0.3, -0.25) is 9.59 Å². The SMILES string of the molecule is CCCC[C@@H](CC)CC(=O)c1ccccc1C(=O)C[C@H](CC)CCCC. The first-order valence-corrected chi connectivity index (χ1v) is 10.7. The number of hydrogen-bond donors (Lipinski definition) is 0. The van der Waals surface area contributed by atoms with Crippen LogP contribution in [0.1, 0.15) is 113 Å². The highest BCUT2D eigenvalue weighted by molar-refractivity contribution is 6.08. The summed E-state index contributed by atoms with van der Waals surface area (Å²) in [4.78, 5) is 25.8. The van der Waals surface area contributed by atoms with Crippen molar-refractivity contribution in [2.75, 3.05) is 0 Å². The van der Waals surface area contributed by atoms with Gasteiger partial charge >= 0.3 is 0 Å². The van der Waals surface area contributed by atoms with Crippen LogP contribution in [0.15, 0.2) is 24.3 Å². The van der Waals surface area contributed by atoms with Crippen LogP contribution in [0.2, 0.25) is 0 Å². The lowest BCUT2D eigenvalue weighted by Gasteiger charge is -2.17. The number of rotatable bonds is 14. The Hall–Kier alpha value is -1.44. The fraction of sp³-hybridized carbons (Fsp3) is 0.667. The van der Waals surface area contributed by atoms with Crippen LogP contribution in [-0.2, 0) is 0 Å². The molecule has 0 spiro atoms. The summed E-state index contributed by atoms with van der Waals surface area (Å²) in [5.41, 5.74) is 1.27. The van der Waals surface area contributed by atoms with Crippen molar-refractivity contribution in [3.63, 3.8) is 0 Å². The van der Waals surface area contributed by atoms with Gasteiger partial charge in [-0.1, -0.05) is 103 Å². The Morgan fingerprint density at radius 3 is 1.42 bits per heavy atom. The predicted molar refractivity (Wildman–Crippen MR) is 111 cm³/mol. The van der Waals surface area contributed by atoms with Crippen molar-refractivity contribution < 1.29 is 9.59 Å². The molecule has 2 atom stereocenters. The minimum Gasteiger partial charge on any atom is -0.294 e. The van der Waals surface area contributed by atoms with Crippen molar-refractivity contribution in [3.05, 3.63) is 35.4 Å². The third-order valence-corrected chi connectivity index (χ3v) is 5.56. The molecule has 0 N–H and O–H groups in total. The summed E-state index contributed by atoms with van der Waals surface area (Å²) in [6.07, 6.45) is 10.0. The highest BCUT2D eigenvalue weighted by Gasteiger charge is 2.21. The standard InChI is InChI=1S/C24H38O2/c1-5-9-13-19(7-3)17-23(25)21-15-11-12-16-22(21)24(26)18-20(8-4)14-10-6-2/h11-12,15-16,19-20H,5-10,13-14,17-18H2,1-4H3/t19-,20-/m1/s1. The summed E-state index contributed by atoms with van der Waals surface area (Å²) < 4.78 is 0. The zero-order valence-electron chi connectivity index (χ0n) is 17.4. The Kier molecular flexibility index (Phi) is 11.2. The van der Waals surface area contributed by atoms with Crippen molar-refractivity contribution in [3.8, 4) is 0 Å². The lowest BCUT2D eigenvalue weighted by atomic mass is 9.87. The first kappa shape index (κ1) is 22.6. The molecule has 0 unspecified atom stereocenters. The maximum Gasteiger partial charge on any atom is 0.163 e. The molecule has 0 fully saturated rings. The van der Waals surface area contributed by atoms with E-state index in [0.29, 0.717) is 35.8 Å². The molecular weight excluding hydrogens is 320 g/mol. The zero-order chi connectivity index (χ0) is 19.4. The number of benzene rings is 1. The quantitative estimate of drug-likeness (QED) is 0.328. The van der Waals surface area contributed by atoms with Crippen molar-refractivity contribution in [1.29, 1.82) is 0 Å². The van der Waals surface area contributed by atoms with Gasteiger partial charge < -0.3 is 0 Å². The maximum atomic E-state index is 12.9. The van der Waals surface area contributed by atoms with E-state index in [1.54, 1.807) is 0 Å². The maximum absolute atomic E-state index is 12.9. The molecule has 2 heteroatoms. The van der Waals surface area contributed by atoms with Crippen molar-refractivity contribution in [2.45, 2.75) is 91.9 Å². The van der Waals surface area contributed by atoms with Gasteiger partial charge in [0.15, 0.2) is 11.6 Å². The molecule has 0 aliphatic heterocycles. The van der Waals surface area contributed by atoms with Gasteiger partial charge in [0.2, 0.25) is 0 Å². The van der Waals surface area contributed by atoms with Gasteiger partial charge in [-0.15, -0.1) is 0 Å². The Morgan fingerprint density at radius 2 is 1.12 bits per heavy atom. The molecule has 0 aromatic heterocycles. The molecule has 1 rings (SSSR count). The van der Waals surface area contributed by atoms with Crippen LogP contribution in [0.25, 0.3) is 0 Å². The Bertz CT molecular complexity index is 498. The Morgan fingerprint density at radius 1 is 0.731 bits per heavy atom. The first-order chi connectivity index (χ1) is 12.6. The van der Waals surface area contributed by atoms with E-state index >= 15 is 0 Å². The lowest BCUT2D eigenvalue weighted by Crippen LogP contribution is -2.15. The van der Waals surface area contributed by atoms with Crippen LogP contribution in [-0.4, -0.2) is 11.6 Å². The van der Waals surface area contributed by atoms with E-state index in [2.05, 4.69) is 27.7 Å². The molecule has 0 saturated carbocycles. The average molecular weight is 359 g/mol. The van der Waals surface area contributed by atoms with Crippen LogP contribution in [0.5, 0.6) is 0 Å². The van der Waals surface area contributed by atoms with E-state index in [9.17, 15) is 9.59 Å². The van der Waals surface area contributed by atoms with E-state index in [1.165, 1.54) is 12.8 Å². The molecule has 0 aliphatic rings. The second-order valence-electron chi connectivity index (χ2n) is 7.63. The second-order valence-corrected chi connectivity index (χ2v) is 7.63. The van der Waals surface area contributed by atoms with Gasteiger partial charge in [0.25, 0.3) is 0 Å². The third-order valence-electron chi connectivity index (χ3n) is 5.56. The average Bonchev–Trinajstić information content (AvgIpc) is 2.67. The molecule has 0 bridgehead atoms. The number of carbonyl (C=O) groups excluding carboxylic acids is 2. The Balaban J connectivity index is 2.85. The van der Waals surface area contributed by atoms with Crippen molar-refractivity contribution in [2.24, 2.45) is 11.8 Å². The molecule has 26 heavy (non-hydrogen) atoms. The molecule has 0 heterocycles. The van der Waals surface area contributed by atoms with Crippen LogP contribution in [0, 0.1) is 11.8 Å². The topological polar surface area (TPSA) is 34.1 Å². The summed E-state index contributed by atoms with van der Waals surface area (Å²) >= 11 is 0. The number of hydrogen-bond acceptors (Lipinski definition) is 2. The van der Waals surface area contributed by atoms with Crippen LogP contribution < -0.4 is 0 Å². The Labute approximate surface area is 160 Å². The summed E-state index contributed by atoms with van der Waals surface area (Å²) in [5, 5.41) is 0. The van der Waals surface area contributed by atoms with Gasteiger partial charge in [0.1, 0.15) is 0 Å². The van der Waals surface area contributed by atoms with Gasteiger partial charge in [-0.25, -0.2) is 0 Å². The molecule has 0 amide bonds. The molecule has 0 aliphatic carbocycles. The van der Waals surface area contributed by atoms with Crippen LogP contribution >= 0.6 is 0 Å². The lowest BCUT2D eigenvalue weighted by molar-refractivity contribution is 0.0923. The molecule has 1 aromatic carbocycles. The van der Waals surface area contributed by atoms with Gasteiger partial charge in [-0.2, -0.15) is 0 Å². The number of carbonyl (C=O) groups is 2. The predicted octanol–water partition coefficient (Wildman–Crippen LogP) is 7.27. The summed E-state index contributed by atoms with van der Waals surface area (Å²) in [5.74, 6) is 1.13. The molecule has 0 saturated heterocycles. The van der Waals surface area contributed by atoms with Crippen molar-refractivity contribution in [1.82, 2.24) is 0 Å². The smallest absolute Gasteiger partial charge is 0.163 e. The third kappa shape index (κ3) is 7.43. The van der Waals surface area contributed by atoms with Gasteiger partial charge in [0, 0.05) is 24.0 Å². The second kappa shape index (κ2) is 12.8. The minimum absolute atomic E-state index is 0.138. The largest absolute Gasteiger partial charge is 0.294 e. The van der Waals surface area contributed by atoms with Crippen LogP contribution in [0.3, 0.4) is 0 Å². The van der Waals surface area contributed by atoms with Gasteiger partial charge in [0.05, 0.1) is 0 Å². The molecular formula is C24H38O2. The molecule has 146 valence electrons. The van der Waals surface area contributed by atoms with E-state index in [-0.39, 0.29) is 11.6 Å². The van der Waals surface area contributed by atoms with Crippen LogP contribution in [0.4, 0.5) is 0 Å². The van der Waals surface area contributed by atoms with Crippen molar-refractivity contribution >= 4 is 11.6 Å². The zero-order valence-corrected chi connectivity index (χ0v) is 17.4. The summed E-state index contributed by atoms with van der Waals surface area (Å²) in [6, 6.07) is 7.45. The number of ketones is 2. The van der Waals surface area contributed by atoms with E-state index in [0.717, 1.165) is 38.5 Å². The number of Topliss-reactive ketones (excluding diaryl/α,β-unsaturated/α-hetero) is 2. The highest BCUT2D eigenvalue weighted by Crippen LogP contribution is 2.24. The number of unbranched alkanes of at least 4 members (excludes halogenated alkanes) is 2. The summed E-state index contributed by atoms with van der Waals surface area (Å²) in [6.45, 7) is 8.69.